The molecule has 2 aromatic carbocycles. The van der Waals surface area contributed by atoms with Crippen molar-refractivity contribution in [3.05, 3.63) is 90.1 Å². The second-order valence-corrected chi connectivity index (χ2v) is 8.44. The Morgan fingerprint density at radius 1 is 1.17 bits per heavy atom. The number of hydrogen-bond donors (Lipinski definition) is 2. The predicted molar refractivity (Wildman–Crippen MR) is 121 cm³/mol. The van der Waals surface area contributed by atoms with Gasteiger partial charge in [0.15, 0.2) is 0 Å². The Balaban J connectivity index is 1.62. The lowest BCUT2D eigenvalue weighted by atomic mass is 9.89. The van der Waals surface area contributed by atoms with Crippen LogP contribution >= 0.6 is 0 Å². The molecule has 3 aromatic rings. The van der Waals surface area contributed by atoms with Crippen molar-refractivity contribution in [2.24, 2.45) is 0 Å². The first-order valence-electron chi connectivity index (χ1n) is 10.4. The molecule has 0 spiro atoms. The number of nitrogens with zero attached hydrogens (tertiary/aromatic N) is 2. The monoisotopic (exact) mass is 386 g/mol. The summed E-state index contributed by atoms with van der Waals surface area (Å²) in [5, 5.41) is 12.1. The molecular weight excluding hydrogens is 356 g/mol. The molecule has 1 unspecified atom stereocenters. The van der Waals surface area contributed by atoms with E-state index in [2.05, 4.69) is 103 Å². The highest BCUT2D eigenvalue weighted by atomic mass is 15.4. The van der Waals surface area contributed by atoms with E-state index in [0.717, 1.165) is 29.9 Å². The van der Waals surface area contributed by atoms with Crippen LogP contribution in [-0.4, -0.2) is 9.78 Å². The maximum Gasteiger partial charge on any atom is 0.134 e. The van der Waals surface area contributed by atoms with Gasteiger partial charge in [-0.3, -0.25) is 0 Å². The number of nitrogens with one attached hydrogen (secondary N) is 2. The number of hydrogen-bond acceptors (Lipinski definition) is 3. The number of fused-ring (bicyclic) bond motifs is 1. The molecule has 1 aromatic heterocycles. The number of aromatic nitrogens is 2. The summed E-state index contributed by atoms with van der Waals surface area (Å²) >= 11 is 0. The zero-order valence-electron chi connectivity index (χ0n) is 17.5. The molecule has 1 aliphatic heterocycles. The smallest absolute Gasteiger partial charge is 0.134 e. The lowest BCUT2D eigenvalue weighted by molar-refractivity contribution is 0.263. The Kier molecular flexibility index (Phi) is 5.18. The van der Waals surface area contributed by atoms with Gasteiger partial charge >= 0.3 is 0 Å². The fraction of sp³-hybridized carbons (Fsp3) is 0.320. The highest BCUT2D eigenvalue weighted by molar-refractivity contribution is 5.72. The topological polar surface area (TPSA) is 41.9 Å². The molecular formula is C25H30N4. The van der Waals surface area contributed by atoms with E-state index in [9.17, 15) is 0 Å². The lowest BCUT2D eigenvalue weighted by Crippen LogP contribution is -2.38. The molecule has 2 heterocycles. The van der Waals surface area contributed by atoms with Crippen LogP contribution in [0.3, 0.4) is 0 Å². The minimum Gasteiger partial charge on any atom is -0.378 e. The molecule has 2 N–H and O–H groups in total. The molecule has 0 fully saturated rings. The van der Waals surface area contributed by atoms with Crippen LogP contribution in [0.25, 0.3) is 5.70 Å². The van der Waals surface area contributed by atoms with Crippen molar-refractivity contribution in [1.29, 1.82) is 0 Å². The van der Waals surface area contributed by atoms with E-state index in [1.54, 1.807) is 0 Å². The maximum atomic E-state index is 4.72. The fourth-order valence-corrected chi connectivity index (χ4v) is 4.25. The van der Waals surface area contributed by atoms with Gasteiger partial charge in [-0.1, -0.05) is 74.2 Å². The van der Waals surface area contributed by atoms with Crippen molar-refractivity contribution in [2.45, 2.75) is 51.2 Å². The zero-order chi connectivity index (χ0) is 20.4. The third kappa shape index (κ3) is 3.80. The summed E-state index contributed by atoms with van der Waals surface area (Å²) in [5.74, 6) is 1.04. The Morgan fingerprint density at radius 3 is 2.48 bits per heavy atom. The van der Waals surface area contributed by atoms with E-state index in [-0.39, 0.29) is 17.6 Å². The normalized spacial score (nSPS) is 18.4. The van der Waals surface area contributed by atoms with Crippen molar-refractivity contribution in [2.75, 3.05) is 5.32 Å². The van der Waals surface area contributed by atoms with E-state index in [0.29, 0.717) is 0 Å². The van der Waals surface area contributed by atoms with E-state index >= 15 is 0 Å². The summed E-state index contributed by atoms with van der Waals surface area (Å²) in [7, 11) is 0. The Hall–Kier alpha value is -3.01. The molecule has 150 valence electrons. The van der Waals surface area contributed by atoms with Crippen molar-refractivity contribution >= 4 is 11.5 Å². The highest BCUT2D eigenvalue weighted by Gasteiger charge is 2.35. The molecule has 0 amide bonds. The van der Waals surface area contributed by atoms with Crippen LogP contribution in [0.2, 0.25) is 0 Å². The van der Waals surface area contributed by atoms with Crippen LogP contribution in [0.4, 0.5) is 5.82 Å². The van der Waals surface area contributed by atoms with Gasteiger partial charge in [0.05, 0.1) is 29.4 Å². The molecule has 0 saturated carbocycles. The average Bonchev–Trinajstić information content (AvgIpc) is 3.18. The number of benzene rings is 2. The molecule has 4 rings (SSSR count). The second kappa shape index (κ2) is 7.78. The molecule has 0 aliphatic carbocycles. The third-order valence-electron chi connectivity index (χ3n) is 5.84. The summed E-state index contributed by atoms with van der Waals surface area (Å²) in [6, 6.07) is 21.7. The van der Waals surface area contributed by atoms with Gasteiger partial charge in [-0.05, 0) is 37.8 Å². The van der Waals surface area contributed by atoms with Gasteiger partial charge in [-0.25, -0.2) is 4.68 Å². The van der Waals surface area contributed by atoms with E-state index in [1.807, 2.05) is 6.20 Å². The quantitative estimate of drug-likeness (QED) is 0.555. The van der Waals surface area contributed by atoms with Crippen molar-refractivity contribution in [3.63, 3.8) is 0 Å². The molecule has 4 heteroatoms. The van der Waals surface area contributed by atoms with Crippen LogP contribution in [0, 0.1) is 0 Å². The van der Waals surface area contributed by atoms with Crippen LogP contribution in [0.1, 0.15) is 62.4 Å². The Bertz CT molecular complexity index is 973. The fourth-order valence-electron chi connectivity index (χ4n) is 4.25. The molecule has 2 atom stereocenters. The third-order valence-corrected chi connectivity index (χ3v) is 5.84. The van der Waals surface area contributed by atoms with Gasteiger partial charge in [0.1, 0.15) is 5.82 Å². The van der Waals surface area contributed by atoms with E-state index < -0.39 is 0 Å². The van der Waals surface area contributed by atoms with Crippen LogP contribution in [0.15, 0.2) is 73.4 Å². The van der Waals surface area contributed by atoms with Gasteiger partial charge in [-0.2, -0.15) is 5.10 Å². The Morgan fingerprint density at radius 2 is 1.83 bits per heavy atom. The van der Waals surface area contributed by atoms with E-state index in [1.165, 1.54) is 11.1 Å². The maximum absolute atomic E-state index is 4.72. The van der Waals surface area contributed by atoms with Crippen LogP contribution in [0.5, 0.6) is 0 Å². The van der Waals surface area contributed by atoms with E-state index in [4.69, 9.17) is 5.10 Å². The van der Waals surface area contributed by atoms with Crippen molar-refractivity contribution in [3.8, 4) is 0 Å². The van der Waals surface area contributed by atoms with Crippen LogP contribution in [-0.2, 0) is 5.54 Å². The highest BCUT2D eigenvalue weighted by Crippen LogP contribution is 2.41. The van der Waals surface area contributed by atoms with Gasteiger partial charge < -0.3 is 10.6 Å². The zero-order valence-corrected chi connectivity index (χ0v) is 17.5. The van der Waals surface area contributed by atoms with Gasteiger partial charge in [0.25, 0.3) is 0 Å². The summed E-state index contributed by atoms with van der Waals surface area (Å²) in [6.45, 7) is 11.1. The minimum atomic E-state index is -0.0801. The number of rotatable bonds is 6. The van der Waals surface area contributed by atoms with Crippen LogP contribution < -0.4 is 10.6 Å². The first-order valence-corrected chi connectivity index (χ1v) is 10.4. The summed E-state index contributed by atoms with van der Waals surface area (Å²) in [5.41, 5.74) is 4.43. The first-order chi connectivity index (χ1) is 14.0. The summed E-state index contributed by atoms with van der Waals surface area (Å²) in [6.07, 6.45) is 3.90. The van der Waals surface area contributed by atoms with Gasteiger partial charge in [0, 0.05) is 5.70 Å². The van der Waals surface area contributed by atoms with Crippen molar-refractivity contribution in [1.82, 2.24) is 15.1 Å². The minimum absolute atomic E-state index is 0.0801. The SMILES string of the molecule is C=C(N[C@@H](CC)c1ccccc1)c1cnn2c1NC(c1ccccc1)CC2(C)C. The summed E-state index contributed by atoms with van der Waals surface area (Å²) in [4.78, 5) is 0. The van der Waals surface area contributed by atoms with Gasteiger partial charge in [0.2, 0.25) is 0 Å². The first kappa shape index (κ1) is 19.3. The lowest BCUT2D eigenvalue weighted by Gasteiger charge is -2.38. The molecule has 4 nitrogen and oxygen atoms in total. The molecule has 0 bridgehead atoms. The number of anilines is 1. The molecule has 0 radical (unpaired) electrons. The van der Waals surface area contributed by atoms with Gasteiger partial charge in [-0.15, -0.1) is 0 Å². The largest absolute Gasteiger partial charge is 0.378 e. The Labute approximate surface area is 173 Å². The van der Waals surface area contributed by atoms with Crippen molar-refractivity contribution < 1.29 is 0 Å². The molecule has 1 aliphatic rings. The summed E-state index contributed by atoms with van der Waals surface area (Å²) < 4.78 is 2.11. The molecule has 29 heavy (non-hydrogen) atoms. The average molecular weight is 387 g/mol. The second-order valence-electron chi connectivity index (χ2n) is 8.44. The standard InChI is InChI=1S/C25H30N4/c1-5-22(19-12-8-6-9-13-19)27-18(2)21-17-26-29-24(21)28-23(16-25(29,3)4)20-14-10-7-11-15-20/h6-15,17,22-23,27-28H,2,5,16H2,1,3-4H3/t22-,23?/m0/s1. The molecule has 0 saturated heterocycles. The predicted octanol–water partition coefficient (Wildman–Crippen LogP) is 5.89.